The fourth-order valence-corrected chi connectivity index (χ4v) is 4.13. The van der Waals surface area contributed by atoms with Crippen LogP contribution in [-0.4, -0.2) is 24.9 Å². The summed E-state index contributed by atoms with van der Waals surface area (Å²) in [5, 5.41) is 4.25. The van der Waals surface area contributed by atoms with Crippen LogP contribution >= 0.6 is 46.4 Å². The molecule has 0 fully saturated rings. The van der Waals surface area contributed by atoms with Crippen LogP contribution in [0.2, 0.25) is 20.5 Å². The molecule has 6 aromatic rings. The molecule has 39 heavy (non-hydrogen) atoms. The first-order valence-corrected chi connectivity index (χ1v) is 12.3. The second-order valence-electron chi connectivity index (χ2n) is 7.61. The van der Waals surface area contributed by atoms with Gasteiger partial charge in [-0.3, -0.25) is 0 Å². The molecular weight excluding hydrogens is 600 g/mol. The van der Waals surface area contributed by atoms with Gasteiger partial charge in [0.25, 0.3) is 6.43 Å². The molecule has 0 unspecified atom stereocenters. The quantitative estimate of drug-likeness (QED) is 0.105. The number of para-hydroxylation sites is 1. The van der Waals surface area contributed by atoms with E-state index in [0.717, 1.165) is 22.9 Å². The minimum atomic E-state index is -2.70. The third-order valence-corrected chi connectivity index (χ3v) is 6.20. The van der Waals surface area contributed by atoms with Crippen LogP contribution in [0.25, 0.3) is 32.6 Å². The van der Waals surface area contributed by atoms with Crippen molar-refractivity contribution in [2.75, 3.05) is 0 Å². The summed E-state index contributed by atoms with van der Waals surface area (Å²) in [6, 6.07) is 16.1. The van der Waals surface area contributed by atoms with Crippen LogP contribution in [0.3, 0.4) is 0 Å². The predicted octanol–water partition coefficient (Wildman–Crippen LogP) is 9.32. The highest BCUT2D eigenvalue weighted by atomic mass is 35.5. The maximum absolute atomic E-state index is 12.7. The molecule has 198 valence electrons. The molecule has 0 N–H and O–H groups in total. The maximum Gasteiger partial charge on any atom is 0.297 e. The highest BCUT2D eigenvalue weighted by Crippen LogP contribution is 2.25. The van der Waals surface area contributed by atoms with Crippen LogP contribution < -0.4 is 0 Å². The van der Waals surface area contributed by atoms with Crippen molar-refractivity contribution in [3.8, 4) is 0 Å². The fraction of sp³-hybridized carbons (Fsp3) is 0.0385. The van der Waals surface area contributed by atoms with E-state index >= 15 is 0 Å². The molecule has 6 rings (SSSR count). The Morgan fingerprint density at radius 3 is 2.10 bits per heavy atom. The molecule has 3 aromatic heterocycles. The first kappa shape index (κ1) is 28.6. The second-order valence-corrected chi connectivity index (χ2v) is 9.12. The Bertz CT molecular complexity index is 1790. The lowest BCUT2D eigenvalue weighted by Gasteiger charge is -2.02. The summed E-state index contributed by atoms with van der Waals surface area (Å²) in [4.78, 5) is 18.5. The van der Waals surface area contributed by atoms with Gasteiger partial charge in [0.2, 0.25) is 0 Å². The standard InChI is InChI=1S/C9H5Cl2N.C9H5ClF2N2.C8H3ClF2N2/c10-7-1-2-8-6(5-7)3-4-12-9(8)11;10-7-5-3-1-2-4-6(5)13-9(14-7)8(11)12;9-8-4-1-5(10)6(11)2-7(4)12-3-13-8/h1-5H;1-4,8H;1-3H. The molecule has 0 bridgehead atoms. The molecule has 0 radical (unpaired) electrons. The van der Waals surface area contributed by atoms with Gasteiger partial charge in [0.1, 0.15) is 21.8 Å². The van der Waals surface area contributed by atoms with Crippen LogP contribution in [0.15, 0.2) is 73.2 Å². The highest BCUT2D eigenvalue weighted by molar-refractivity contribution is 6.35. The minimum absolute atomic E-state index is 0.0610. The number of rotatable bonds is 1. The van der Waals surface area contributed by atoms with Gasteiger partial charge < -0.3 is 0 Å². The Hall–Kier alpha value is -3.37. The topological polar surface area (TPSA) is 64.5 Å². The molecule has 0 aliphatic carbocycles. The number of pyridine rings is 1. The molecule has 0 atom stereocenters. The SMILES string of the molecule is Clc1ccc2c(Cl)nccc2c1.FC(F)c1nc(Cl)c2ccccc2n1.Fc1cc2ncnc(Cl)c2cc1F. The molecule has 0 amide bonds. The molecule has 0 saturated heterocycles. The molecule has 3 heterocycles. The van der Waals surface area contributed by atoms with Crippen molar-refractivity contribution in [1.29, 1.82) is 0 Å². The zero-order valence-corrected chi connectivity index (χ0v) is 22.3. The Labute approximate surface area is 238 Å². The van der Waals surface area contributed by atoms with Crippen LogP contribution in [0.1, 0.15) is 12.2 Å². The monoisotopic (exact) mass is 611 g/mol. The number of alkyl halides is 2. The summed E-state index contributed by atoms with van der Waals surface area (Å²) in [6.45, 7) is 0. The number of halogens is 8. The van der Waals surface area contributed by atoms with Crippen LogP contribution in [0, 0.1) is 11.6 Å². The molecule has 0 aliphatic rings. The summed E-state index contributed by atoms with van der Waals surface area (Å²) in [7, 11) is 0. The number of hydrogen-bond acceptors (Lipinski definition) is 5. The Morgan fingerprint density at radius 2 is 1.33 bits per heavy atom. The lowest BCUT2D eigenvalue weighted by Crippen LogP contribution is -1.96. The van der Waals surface area contributed by atoms with Crippen molar-refractivity contribution in [1.82, 2.24) is 24.9 Å². The van der Waals surface area contributed by atoms with E-state index in [1.807, 2.05) is 18.2 Å². The molecule has 13 heteroatoms. The third kappa shape index (κ3) is 6.99. The minimum Gasteiger partial charge on any atom is -0.244 e. The summed E-state index contributed by atoms with van der Waals surface area (Å²) in [5.74, 6) is -2.43. The van der Waals surface area contributed by atoms with Gasteiger partial charge in [-0.1, -0.05) is 58.5 Å². The second kappa shape index (κ2) is 12.7. The van der Waals surface area contributed by atoms with Crippen molar-refractivity contribution in [3.05, 3.63) is 111 Å². The number of aromatic nitrogens is 5. The summed E-state index contributed by atoms with van der Waals surface area (Å²) in [6.07, 6.45) is 0.167. The smallest absolute Gasteiger partial charge is 0.244 e. The molecule has 0 saturated carbocycles. The molecule has 3 aromatic carbocycles. The average Bonchev–Trinajstić information content (AvgIpc) is 2.91. The largest absolute Gasteiger partial charge is 0.297 e. The number of benzene rings is 3. The van der Waals surface area contributed by atoms with E-state index in [-0.39, 0.29) is 10.3 Å². The summed E-state index contributed by atoms with van der Waals surface area (Å²) >= 11 is 23.0. The average molecular weight is 613 g/mol. The number of hydrogen-bond donors (Lipinski definition) is 0. The molecule has 0 aliphatic heterocycles. The van der Waals surface area contributed by atoms with E-state index in [4.69, 9.17) is 46.4 Å². The van der Waals surface area contributed by atoms with Crippen molar-refractivity contribution in [2.45, 2.75) is 6.43 Å². The lowest BCUT2D eigenvalue weighted by molar-refractivity contribution is 0.141. The van der Waals surface area contributed by atoms with Crippen LogP contribution in [0.4, 0.5) is 17.6 Å². The van der Waals surface area contributed by atoms with E-state index in [1.165, 1.54) is 6.33 Å². The molecule has 5 nitrogen and oxygen atoms in total. The van der Waals surface area contributed by atoms with E-state index < -0.39 is 23.9 Å². The van der Waals surface area contributed by atoms with Crippen LogP contribution in [-0.2, 0) is 0 Å². The fourth-order valence-electron chi connectivity index (χ4n) is 3.28. The van der Waals surface area contributed by atoms with Gasteiger partial charge in [-0.05, 0) is 47.9 Å². The summed E-state index contributed by atoms with van der Waals surface area (Å²) in [5.41, 5.74) is 0.724. The zero-order chi connectivity index (χ0) is 28.1. The van der Waals surface area contributed by atoms with Gasteiger partial charge in [0.05, 0.1) is 11.0 Å². The summed E-state index contributed by atoms with van der Waals surface area (Å²) < 4.78 is 50.0. The van der Waals surface area contributed by atoms with Gasteiger partial charge >= 0.3 is 0 Å². The van der Waals surface area contributed by atoms with E-state index in [0.29, 0.717) is 32.0 Å². The molecular formula is C26H13Cl4F4N5. The van der Waals surface area contributed by atoms with E-state index in [1.54, 1.807) is 36.5 Å². The molecule has 0 spiro atoms. The van der Waals surface area contributed by atoms with Gasteiger partial charge in [-0.15, -0.1) is 0 Å². The predicted molar refractivity (Wildman–Crippen MR) is 146 cm³/mol. The van der Waals surface area contributed by atoms with Gasteiger partial charge in [0.15, 0.2) is 17.5 Å². The Morgan fingerprint density at radius 1 is 0.615 bits per heavy atom. The Balaban J connectivity index is 0.000000136. The van der Waals surface area contributed by atoms with E-state index in [2.05, 4.69) is 24.9 Å². The Kier molecular flexibility index (Phi) is 9.29. The zero-order valence-electron chi connectivity index (χ0n) is 19.3. The van der Waals surface area contributed by atoms with Gasteiger partial charge in [0, 0.05) is 33.4 Å². The first-order valence-electron chi connectivity index (χ1n) is 10.8. The first-order chi connectivity index (χ1) is 18.6. The van der Waals surface area contributed by atoms with Crippen molar-refractivity contribution >= 4 is 79.0 Å². The lowest BCUT2D eigenvalue weighted by atomic mass is 10.2. The highest BCUT2D eigenvalue weighted by Gasteiger charge is 2.13. The van der Waals surface area contributed by atoms with Crippen molar-refractivity contribution in [3.63, 3.8) is 0 Å². The van der Waals surface area contributed by atoms with E-state index in [9.17, 15) is 17.6 Å². The number of fused-ring (bicyclic) bond motifs is 3. The van der Waals surface area contributed by atoms with Crippen LogP contribution in [0.5, 0.6) is 0 Å². The van der Waals surface area contributed by atoms with Crippen molar-refractivity contribution in [2.24, 2.45) is 0 Å². The third-order valence-electron chi connectivity index (χ3n) is 5.08. The maximum atomic E-state index is 12.7. The van der Waals surface area contributed by atoms with Gasteiger partial charge in [-0.2, -0.15) is 0 Å². The van der Waals surface area contributed by atoms with Gasteiger partial charge in [-0.25, -0.2) is 42.5 Å². The number of nitrogens with zero attached hydrogens (tertiary/aromatic N) is 5. The normalized spacial score (nSPS) is 10.8. The van der Waals surface area contributed by atoms with Crippen molar-refractivity contribution < 1.29 is 17.6 Å².